The Morgan fingerprint density at radius 1 is 1.70 bits per heavy atom. The standard InChI is InChI=1S/C5H3NO3S/c7-5(8)3-1-4(6-9)10-2-3/h1-2H,(H,7,8). The number of nitroso groups, excluding NO2 is 1. The fourth-order valence-electron chi connectivity index (χ4n) is 0.485. The first-order valence-corrected chi connectivity index (χ1v) is 3.27. The van der Waals surface area contributed by atoms with Crippen molar-refractivity contribution in [3.8, 4) is 0 Å². The number of rotatable bonds is 2. The van der Waals surface area contributed by atoms with Gasteiger partial charge in [-0.3, -0.25) is 0 Å². The van der Waals surface area contributed by atoms with E-state index >= 15 is 0 Å². The van der Waals surface area contributed by atoms with Gasteiger partial charge in [-0.2, -0.15) is 0 Å². The third kappa shape index (κ3) is 1.19. The van der Waals surface area contributed by atoms with Gasteiger partial charge in [0.2, 0.25) is 0 Å². The van der Waals surface area contributed by atoms with E-state index in [1.807, 2.05) is 0 Å². The molecule has 0 atom stereocenters. The van der Waals surface area contributed by atoms with E-state index in [4.69, 9.17) is 5.11 Å². The van der Waals surface area contributed by atoms with Crippen molar-refractivity contribution < 1.29 is 9.90 Å². The molecule has 4 nitrogen and oxygen atoms in total. The minimum absolute atomic E-state index is 0.111. The maximum atomic E-state index is 10.2. The monoisotopic (exact) mass is 157 g/mol. The summed E-state index contributed by atoms with van der Waals surface area (Å²) in [6.07, 6.45) is 0. The highest BCUT2D eigenvalue weighted by Crippen LogP contribution is 2.22. The minimum atomic E-state index is -1.04. The number of hydrogen-bond acceptors (Lipinski definition) is 4. The van der Waals surface area contributed by atoms with Crippen LogP contribution in [0.1, 0.15) is 10.4 Å². The highest BCUT2D eigenvalue weighted by atomic mass is 32.1. The number of aromatic carboxylic acids is 1. The molecule has 5 heteroatoms. The summed E-state index contributed by atoms with van der Waals surface area (Å²) in [6, 6.07) is 1.24. The van der Waals surface area contributed by atoms with Crippen LogP contribution in [0.4, 0.5) is 5.00 Å². The minimum Gasteiger partial charge on any atom is -0.478 e. The molecule has 0 spiro atoms. The molecule has 0 aliphatic heterocycles. The van der Waals surface area contributed by atoms with Crippen LogP contribution in [0.2, 0.25) is 0 Å². The molecule has 1 aromatic rings. The van der Waals surface area contributed by atoms with Crippen molar-refractivity contribution in [2.45, 2.75) is 0 Å². The molecular weight excluding hydrogens is 154 g/mol. The zero-order valence-electron chi connectivity index (χ0n) is 4.77. The van der Waals surface area contributed by atoms with Gasteiger partial charge in [0, 0.05) is 5.38 Å². The van der Waals surface area contributed by atoms with Crippen molar-refractivity contribution in [1.82, 2.24) is 0 Å². The van der Waals surface area contributed by atoms with Gasteiger partial charge in [-0.25, -0.2) is 4.79 Å². The van der Waals surface area contributed by atoms with Gasteiger partial charge in [-0.05, 0) is 11.2 Å². The van der Waals surface area contributed by atoms with Gasteiger partial charge in [0.1, 0.15) is 0 Å². The van der Waals surface area contributed by atoms with Crippen LogP contribution in [-0.4, -0.2) is 11.1 Å². The lowest BCUT2D eigenvalue weighted by atomic mass is 10.3. The molecule has 1 rings (SSSR count). The third-order valence-electron chi connectivity index (χ3n) is 0.923. The van der Waals surface area contributed by atoms with Crippen LogP contribution in [0.25, 0.3) is 0 Å². The Labute approximate surface area is 60.1 Å². The molecule has 0 saturated carbocycles. The topological polar surface area (TPSA) is 66.7 Å². The Balaban J connectivity index is 2.98. The quantitative estimate of drug-likeness (QED) is 0.666. The summed E-state index contributed by atoms with van der Waals surface area (Å²) in [4.78, 5) is 20.0. The fraction of sp³-hybridized carbons (Fsp3) is 0. The number of hydrogen-bond donors (Lipinski definition) is 1. The molecule has 10 heavy (non-hydrogen) atoms. The number of carboxylic acid groups (broad SMARTS) is 1. The van der Waals surface area contributed by atoms with Crippen molar-refractivity contribution in [3.63, 3.8) is 0 Å². The lowest BCUT2D eigenvalue weighted by molar-refractivity contribution is 0.0697. The number of carbonyl (C=O) groups is 1. The van der Waals surface area contributed by atoms with Crippen LogP contribution in [0.5, 0.6) is 0 Å². The summed E-state index contributed by atoms with van der Waals surface area (Å²) in [7, 11) is 0. The summed E-state index contributed by atoms with van der Waals surface area (Å²) in [6.45, 7) is 0. The number of thiophene rings is 1. The predicted molar refractivity (Wildman–Crippen MR) is 36.7 cm³/mol. The van der Waals surface area contributed by atoms with Crippen molar-refractivity contribution >= 4 is 22.3 Å². The molecule has 0 fully saturated rings. The van der Waals surface area contributed by atoms with Gasteiger partial charge < -0.3 is 5.11 Å². The lowest BCUT2D eigenvalue weighted by Gasteiger charge is -1.79. The largest absolute Gasteiger partial charge is 0.478 e. The molecule has 1 heterocycles. The van der Waals surface area contributed by atoms with E-state index in [9.17, 15) is 9.70 Å². The van der Waals surface area contributed by atoms with E-state index in [0.717, 1.165) is 11.3 Å². The Morgan fingerprint density at radius 3 is 2.70 bits per heavy atom. The molecule has 0 aliphatic carbocycles. The smallest absolute Gasteiger partial charge is 0.336 e. The molecule has 0 aliphatic rings. The van der Waals surface area contributed by atoms with Gasteiger partial charge in [-0.15, -0.1) is 16.2 Å². The number of carboxylic acids is 1. The molecule has 52 valence electrons. The predicted octanol–water partition coefficient (Wildman–Crippen LogP) is 1.84. The molecule has 0 amide bonds. The molecule has 1 N–H and O–H groups in total. The molecule has 0 saturated heterocycles. The Hall–Kier alpha value is -1.23. The first kappa shape index (κ1) is 6.88. The van der Waals surface area contributed by atoms with Crippen LogP contribution in [0.3, 0.4) is 0 Å². The highest BCUT2D eigenvalue weighted by Gasteiger charge is 2.05. The van der Waals surface area contributed by atoms with Crippen LogP contribution >= 0.6 is 11.3 Å². The van der Waals surface area contributed by atoms with E-state index in [1.165, 1.54) is 11.4 Å². The van der Waals surface area contributed by atoms with Crippen molar-refractivity contribution in [2.75, 3.05) is 0 Å². The maximum Gasteiger partial charge on any atom is 0.336 e. The van der Waals surface area contributed by atoms with Crippen molar-refractivity contribution in [3.05, 3.63) is 21.9 Å². The van der Waals surface area contributed by atoms with Crippen molar-refractivity contribution in [2.24, 2.45) is 5.18 Å². The molecule has 0 radical (unpaired) electrons. The average Bonchev–Trinajstić information content (AvgIpc) is 2.34. The normalized spacial score (nSPS) is 9.20. The Morgan fingerprint density at radius 2 is 2.40 bits per heavy atom. The summed E-state index contributed by atoms with van der Waals surface area (Å²) < 4.78 is 0. The summed E-state index contributed by atoms with van der Waals surface area (Å²) in [5.74, 6) is -1.04. The van der Waals surface area contributed by atoms with Gasteiger partial charge in [0.05, 0.1) is 5.56 Å². The van der Waals surface area contributed by atoms with E-state index in [-0.39, 0.29) is 10.6 Å². The first-order chi connectivity index (χ1) is 4.74. The second kappa shape index (κ2) is 2.57. The SMILES string of the molecule is O=Nc1cc(C(=O)O)cs1. The Bertz CT molecular complexity index is 268. The van der Waals surface area contributed by atoms with E-state index in [2.05, 4.69) is 5.18 Å². The zero-order valence-corrected chi connectivity index (χ0v) is 5.59. The van der Waals surface area contributed by atoms with E-state index in [1.54, 1.807) is 0 Å². The first-order valence-electron chi connectivity index (χ1n) is 2.39. The van der Waals surface area contributed by atoms with Crippen LogP contribution in [0.15, 0.2) is 16.6 Å². The molecule has 1 aromatic heterocycles. The molecule has 0 aromatic carbocycles. The third-order valence-corrected chi connectivity index (χ3v) is 1.73. The summed E-state index contributed by atoms with van der Waals surface area (Å²) in [5.41, 5.74) is 0.111. The van der Waals surface area contributed by atoms with Gasteiger partial charge in [0.25, 0.3) is 0 Å². The molecular formula is C5H3NO3S. The van der Waals surface area contributed by atoms with Gasteiger partial charge >= 0.3 is 5.97 Å². The average molecular weight is 157 g/mol. The highest BCUT2D eigenvalue weighted by molar-refractivity contribution is 7.14. The fourth-order valence-corrected chi connectivity index (χ4v) is 1.14. The van der Waals surface area contributed by atoms with Gasteiger partial charge in [-0.1, -0.05) is 0 Å². The van der Waals surface area contributed by atoms with Crippen molar-refractivity contribution in [1.29, 1.82) is 0 Å². The molecule has 0 bridgehead atoms. The maximum absolute atomic E-state index is 10.2. The number of nitrogens with zero attached hydrogens (tertiary/aromatic N) is 1. The second-order valence-electron chi connectivity index (χ2n) is 1.57. The van der Waals surface area contributed by atoms with E-state index < -0.39 is 5.97 Å². The lowest BCUT2D eigenvalue weighted by Crippen LogP contribution is -1.90. The molecule has 0 unspecified atom stereocenters. The summed E-state index contributed by atoms with van der Waals surface area (Å²) in [5, 5.41) is 12.5. The summed E-state index contributed by atoms with van der Waals surface area (Å²) >= 11 is 1.02. The van der Waals surface area contributed by atoms with Crippen LogP contribution in [-0.2, 0) is 0 Å². The Kier molecular flexibility index (Phi) is 1.77. The van der Waals surface area contributed by atoms with Crippen LogP contribution < -0.4 is 0 Å². The van der Waals surface area contributed by atoms with E-state index in [0.29, 0.717) is 0 Å². The van der Waals surface area contributed by atoms with Crippen LogP contribution in [0, 0.1) is 4.91 Å². The zero-order chi connectivity index (χ0) is 7.56. The second-order valence-corrected chi connectivity index (χ2v) is 2.46. The van der Waals surface area contributed by atoms with Gasteiger partial charge in [0.15, 0.2) is 5.00 Å².